The molecule has 1 aromatic carbocycles. The van der Waals surface area contributed by atoms with E-state index < -0.39 is 21.6 Å². The molecule has 0 aliphatic rings. The Morgan fingerprint density at radius 3 is 2.61 bits per heavy atom. The van der Waals surface area contributed by atoms with Crippen molar-refractivity contribution in [1.29, 1.82) is 0 Å². The molecule has 2 aromatic heterocycles. The van der Waals surface area contributed by atoms with Crippen LogP contribution in [0.3, 0.4) is 0 Å². The van der Waals surface area contributed by atoms with Crippen LogP contribution in [-0.4, -0.2) is 40.6 Å². The number of anilines is 1. The van der Waals surface area contributed by atoms with Crippen LogP contribution in [0.4, 0.5) is 10.2 Å². The van der Waals surface area contributed by atoms with E-state index in [2.05, 4.69) is 19.7 Å². The second-order valence-corrected chi connectivity index (χ2v) is 9.53. The van der Waals surface area contributed by atoms with Crippen LogP contribution in [0.2, 0.25) is 0 Å². The molecule has 3 aromatic rings. The van der Waals surface area contributed by atoms with Crippen molar-refractivity contribution in [3.63, 3.8) is 0 Å². The normalized spacial score (nSPS) is 12.2. The molecule has 0 radical (unpaired) electrons. The highest BCUT2D eigenvalue weighted by molar-refractivity contribution is 7.89. The molecule has 0 saturated heterocycles. The predicted molar refractivity (Wildman–Crippen MR) is 116 cm³/mol. The van der Waals surface area contributed by atoms with E-state index in [1.165, 1.54) is 30.6 Å². The zero-order valence-corrected chi connectivity index (χ0v) is 18.2. The van der Waals surface area contributed by atoms with Gasteiger partial charge in [0.1, 0.15) is 11.5 Å². The van der Waals surface area contributed by atoms with Gasteiger partial charge in [0.2, 0.25) is 16.0 Å². The lowest BCUT2D eigenvalue weighted by Crippen LogP contribution is -2.30. The topological polar surface area (TPSA) is 131 Å². The number of aliphatic hydroxyl groups is 1. The Hall–Kier alpha value is -2.95. The maximum Gasteiger partial charge on any atom is 0.240 e. The van der Waals surface area contributed by atoms with E-state index >= 15 is 0 Å². The molecule has 31 heavy (non-hydrogen) atoms. The minimum absolute atomic E-state index is 0.0327. The Bertz CT molecular complexity index is 1210. The van der Waals surface area contributed by atoms with E-state index in [0.29, 0.717) is 11.3 Å². The molecular weight excluding hydrogens is 421 g/mol. The molecule has 3 rings (SSSR count). The SMILES string of the molecule is Cc1ccc(S(=O)(=O)NCCC(C)(C)O)cc1-c1cnc(N)c(-c2cccnc2F)n1. The van der Waals surface area contributed by atoms with Gasteiger partial charge >= 0.3 is 0 Å². The summed E-state index contributed by atoms with van der Waals surface area (Å²) in [6.07, 6.45) is 2.98. The van der Waals surface area contributed by atoms with Gasteiger partial charge in [-0.15, -0.1) is 0 Å². The third kappa shape index (κ3) is 5.40. The first kappa shape index (κ1) is 22.7. The number of nitrogens with two attached hydrogens (primary N) is 1. The molecule has 2 heterocycles. The second kappa shape index (κ2) is 8.66. The minimum atomic E-state index is -3.81. The lowest BCUT2D eigenvalue weighted by molar-refractivity contribution is 0.0728. The number of halogens is 1. The summed E-state index contributed by atoms with van der Waals surface area (Å²) >= 11 is 0. The van der Waals surface area contributed by atoms with Crippen LogP contribution in [0.25, 0.3) is 22.5 Å². The fourth-order valence-corrected chi connectivity index (χ4v) is 3.97. The predicted octanol–water partition coefficient (Wildman–Crippen LogP) is 2.67. The molecule has 0 saturated carbocycles. The zero-order chi connectivity index (χ0) is 22.8. The van der Waals surface area contributed by atoms with E-state index in [0.717, 1.165) is 5.56 Å². The largest absolute Gasteiger partial charge is 0.390 e. The smallest absolute Gasteiger partial charge is 0.240 e. The number of aromatic nitrogens is 3. The second-order valence-electron chi connectivity index (χ2n) is 7.77. The summed E-state index contributed by atoms with van der Waals surface area (Å²) in [6, 6.07) is 7.67. The number of sulfonamides is 1. The van der Waals surface area contributed by atoms with Crippen LogP contribution in [0.15, 0.2) is 47.6 Å². The third-order valence-corrected chi connectivity index (χ3v) is 6.10. The van der Waals surface area contributed by atoms with Crippen LogP contribution in [0, 0.1) is 12.9 Å². The molecule has 0 aliphatic heterocycles. The number of rotatable bonds is 7. The molecule has 4 N–H and O–H groups in total. The maximum absolute atomic E-state index is 14.2. The molecule has 0 fully saturated rings. The number of pyridine rings is 1. The molecule has 0 atom stereocenters. The van der Waals surface area contributed by atoms with Gasteiger partial charge in [-0.3, -0.25) is 0 Å². The number of nitrogen functional groups attached to an aromatic ring is 1. The number of hydrogen-bond donors (Lipinski definition) is 3. The molecule has 8 nitrogen and oxygen atoms in total. The van der Waals surface area contributed by atoms with E-state index in [1.54, 1.807) is 32.9 Å². The maximum atomic E-state index is 14.2. The lowest BCUT2D eigenvalue weighted by atomic mass is 10.1. The average Bonchev–Trinajstić information content (AvgIpc) is 2.68. The Kier molecular flexibility index (Phi) is 6.35. The highest BCUT2D eigenvalue weighted by Gasteiger charge is 2.20. The van der Waals surface area contributed by atoms with E-state index in [4.69, 9.17) is 5.73 Å². The van der Waals surface area contributed by atoms with Crippen molar-refractivity contribution in [3.8, 4) is 22.5 Å². The molecular formula is C21H24FN5O3S. The van der Waals surface area contributed by atoms with Crippen LogP contribution in [0.1, 0.15) is 25.8 Å². The van der Waals surface area contributed by atoms with Gasteiger partial charge in [0.15, 0.2) is 0 Å². The molecule has 0 unspecified atom stereocenters. The van der Waals surface area contributed by atoms with Crippen molar-refractivity contribution in [2.45, 2.75) is 37.7 Å². The average molecular weight is 446 g/mol. The monoisotopic (exact) mass is 445 g/mol. The first-order valence-electron chi connectivity index (χ1n) is 9.54. The first-order valence-corrected chi connectivity index (χ1v) is 11.0. The minimum Gasteiger partial charge on any atom is -0.390 e. The van der Waals surface area contributed by atoms with Crippen molar-refractivity contribution in [3.05, 3.63) is 54.2 Å². The van der Waals surface area contributed by atoms with Gasteiger partial charge in [-0.25, -0.2) is 28.1 Å². The standard InChI is InChI=1S/C21H24FN5O3S/c1-13-6-7-14(31(29,30)26-10-8-21(2,3)28)11-16(13)17-12-25-20(23)18(27-17)15-5-4-9-24-19(15)22/h4-7,9,11-12,26,28H,8,10H2,1-3H3,(H2,23,25). The first-order chi connectivity index (χ1) is 14.5. The number of nitrogens with one attached hydrogen (secondary N) is 1. The highest BCUT2D eigenvalue weighted by atomic mass is 32.2. The summed E-state index contributed by atoms with van der Waals surface area (Å²) in [5.41, 5.74) is 6.76. The van der Waals surface area contributed by atoms with Crippen LogP contribution in [-0.2, 0) is 10.0 Å². The van der Waals surface area contributed by atoms with Gasteiger partial charge in [-0.05, 0) is 57.0 Å². The van der Waals surface area contributed by atoms with Crippen LogP contribution >= 0.6 is 0 Å². The molecule has 0 bridgehead atoms. The van der Waals surface area contributed by atoms with Gasteiger partial charge < -0.3 is 10.8 Å². The Labute approximate surface area is 180 Å². The number of hydrogen-bond acceptors (Lipinski definition) is 7. The number of aryl methyl sites for hydroxylation is 1. The van der Waals surface area contributed by atoms with E-state index in [-0.39, 0.29) is 34.9 Å². The summed E-state index contributed by atoms with van der Waals surface area (Å²) < 4.78 is 42.0. The van der Waals surface area contributed by atoms with Crippen molar-refractivity contribution in [2.75, 3.05) is 12.3 Å². The molecule has 164 valence electrons. The summed E-state index contributed by atoms with van der Waals surface area (Å²) in [5.74, 6) is -0.699. The van der Waals surface area contributed by atoms with Crippen LogP contribution < -0.4 is 10.5 Å². The van der Waals surface area contributed by atoms with Gasteiger partial charge in [0.25, 0.3) is 0 Å². The Balaban J connectivity index is 1.99. The third-order valence-electron chi connectivity index (χ3n) is 4.64. The molecule has 0 amide bonds. The van der Waals surface area contributed by atoms with Crippen molar-refractivity contribution < 1.29 is 17.9 Å². The number of benzene rings is 1. The van der Waals surface area contributed by atoms with Crippen molar-refractivity contribution >= 4 is 15.8 Å². The van der Waals surface area contributed by atoms with E-state index in [1.807, 2.05) is 0 Å². The fourth-order valence-electron chi connectivity index (χ4n) is 2.91. The summed E-state index contributed by atoms with van der Waals surface area (Å²) in [6.45, 7) is 5.10. The summed E-state index contributed by atoms with van der Waals surface area (Å²) in [4.78, 5) is 12.2. The van der Waals surface area contributed by atoms with Gasteiger partial charge in [0.05, 0.1) is 28.0 Å². The summed E-state index contributed by atoms with van der Waals surface area (Å²) in [5, 5.41) is 9.78. The quantitative estimate of drug-likeness (QED) is 0.477. The van der Waals surface area contributed by atoms with Gasteiger partial charge in [0, 0.05) is 18.3 Å². The van der Waals surface area contributed by atoms with Gasteiger partial charge in [-0.2, -0.15) is 4.39 Å². The zero-order valence-electron chi connectivity index (χ0n) is 17.4. The fraction of sp³-hybridized carbons (Fsp3) is 0.286. The summed E-state index contributed by atoms with van der Waals surface area (Å²) in [7, 11) is -3.81. The van der Waals surface area contributed by atoms with Crippen molar-refractivity contribution in [2.24, 2.45) is 0 Å². The number of nitrogens with zero attached hydrogens (tertiary/aromatic N) is 3. The molecule has 0 spiro atoms. The Morgan fingerprint density at radius 2 is 1.94 bits per heavy atom. The molecule has 0 aliphatic carbocycles. The highest BCUT2D eigenvalue weighted by Crippen LogP contribution is 2.29. The van der Waals surface area contributed by atoms with E-state index in [9.17, 15) is 17.9 Å². The lowest BCUT2D eigenvalue weighted by Gasteiger charge is -2.17. The van der Waals surface area contributed by atoms with Crippen LogP contribution in [0.5, 0.6) is 0 Å². The van der Waals surface area contributed by atoms with Crippen molar-refractivity contribution in [1.82, 2.24) is 19.7 Å². The molecule has 10 heteroatoms. The van der Waals surface area contributed by atoms with Gasteiger partial charge in [-0.1, -0.05) is 6.07 Å². The Morgan fingerprint density at radius 1 is 1.19 bits per heavy atom.